The fourth-order valence-corrected chi connectivity index (χ4v) is 6.19. The van der Waals surface area contributed by atoms with E-state index in [0.29, 0.717) is 0 Å². The van der Waals surface area contributed by atoms with Crippen molar-refractivity contribution < 1.29 is 4.74 Å². The summed E-state index contributed by atoms with van der Waals surface area (Å²) in [5, 5.41) is 4.31. The number of nitrogens with one attached hydrogen (secondary N) is 1. The Kier molecular flexibility index (Phi) is 6.64. The molecule has 0 saturated carbocycles. The van der Waals surface area contributed by atoms with Gasteiger partial charge in [0.05, 0.1) is 31.0 Å². The average Bonchev–Trinajstić information content (AvgIpc) is 3.44. The van der Waals surface area contributed by atoms with Crippen molar-refractivity contribution in [1.82, 2.24) is 14.9 Å². The summed E-state index contributed by atoms with van der Waals surface area (Å²) in [5.74, 6) is 0. The van der Waals surface area contributed by atoms with E-state index in [4.69, 9.17) is 21.9 Å². The summed E-state index contributed by atoms with van der Waals surface area (Å²) in [6.07, 6.45) is 1.85. The van der Waals surface area contributed by atoms with Gasteiger partial charge in [-0.15, -0.1) is 0 Å². The van der Waals surface area contributed by atoms with Crippen LogP contribution < -0.4 is 15.1 Å². The summed E-state index contributed by atoms with van der Waals surface area (Å²) in [6.45, 7) is 9.95. The zero-order valence-corrected chi connectivity index (χ0v) is 22.9. The van der Waals surface area contributed by atoms with Crippen LogP contribution in [0.5, 0.6) is 0 Å². The monoisotopic (exact) mass is 523 g/mol. The predicted octanol–water partition coefficient (Wildman–Crippen LogP) is 5.81. The zero-order chi connectivity index (χ0) is 26.2. The van der Waals surface area contributed by atoms with Crippen molar-refractivity contribution in [2.75, 3.05) is 36.1 Å². The van der Waals surface area contributed by atoms with Crippen LogP contribution in [0.3, 0.4) is 0 Å². The summed E-state index contributed by atoms with van der Waals surface area (Å²) >= 11 is 5.94. The van der Waals surface area contributed by atoms with Crippen LogP contribution in [0, 0.1) is 20.8 Å². The highest BCUT2D eigenvalue weighted by Gasteiger charge is 2.42. The molecule has 2 fully saturated rings. The number of aryl methyl sites for hydroxylation is 2. The van der Waals surface area contributed by atoms with E-state index in [1.54, 1.807) is 0 Å². The van der Waals surface area contributed by atoms with Crippen LogP contribution in [0.25, 0.3) is 5.69 Å². The molecule has 0 amide bonds. The molecule has 0 spiro atoms. The SMILES string of the molecule is Cc1cccc(N2C(=S)N[C@@H](c3ccccn3)[C@H]2c2cc(C)n(-c3ccc(N4CCOCC4)cc3)c2C)c1. The quantitative estimate of drug-likeness (QED) is 0.333. The fourth-order valence-electron chi connectivity index (χ4n) is 5.85. The molecular weight excluding hydrogens is 490 g/mol. The average molecular weight is 524 g/mol. The van der Waals surface area contributed by atoms with E-state index in [0.717, 1.165) is 48.5 Å². The van der Waals surface area contributed by atoms with Crippen LogP contribution >= 0.6 is 12.2 Å². The number of anilines is 2. The Morgan fingerprint density at radius 3 is 2.34 bits per heavy atom. The highest BCUT2D eigenvalue weighted by Crippen LogP contribution is 2.44. The molecule has 0 bridgehead atoms. The lowest BCUT2D eigenvalue weighted by Gasteiger charge is -2.29. The van der Waals surface area contributed by atoms with Gasteiger partial charge in [0.25, 0.3) is 0 Å². The number of aromatic nitrogens is 2. The van der Waals surface area contributed by atoms with Gasteiger partial charge in [0, 0.05) is 47.7 Å². The molecule has 2 aliphatic rings. The summed E-state index contributed by atoms with van der Waals surface area (Å²) in [5.41, 5.74) is 9.31. The molecular formula is C31H33N5OS. The largest absolute Gasteiger partial charge is 0.378 e. The third-order valence-electron chi connectivity index (χ3n) is 7.65. The third kappa shape index (κ3) is 4.46. The molecule has 0 radical (unpaired) electrons. The molecule has 6 nitrogen and oxygen atoms in total. The smallest absolute Gasteiger partial charge is 0.174 e. The van der Waals surface area contributed by atoms with Gasteiger partial charge in [0.2, 0.25) is 0 Å². The van der Waals surface area contributed by atoms with Gasteiger partial charge in [-0.1, -0.05) is 18.2 Å². The van der Waals surface area contributed by atoms with Crippen molar-refractivity contribution in [1.29, 1.82) is 0 Å². The second-order valence-corrected chi connectivity index (χ2v) is 10.5. The molecule has 2 atom stereocenters. The number of thiocarbonyl (C=S) groups is 1. The standard InChI is InChI=1S/C31H33N5OS/c1-21-7-6-8-26(19-21)36-30(29(33-31(36)38)28-9-4-5-14-32-28)27-20-22(2)35(23(27)3)25-12-10-24(11-13-25)34-15-17-37-18-16-34/h4-14,19-20,29-30H,15-18H2,1-3H3,(H,33,38)/t29-,30+/m0/s1. The maximum Gasteiger partial charge on any atom is 0.174 e. The molecule has 0 aliphatic carbocycles. The normalized spacial score (nSPS) is 19.6. The number of nitrogens with zero attached hydrogens (tertiary/aromatic N) is 4. The Morgan fingerprint density at radius 1 is 0.868 bits per heavy atom. The first kappa shape index (κ1) is 24.6. The van der Waals surface area contributed by atoms with E-state index in [1.165, 1.54) is 28.2 Å². The summed E-state index contributed by atoms with van der Waals surface area (Å²) in [7, 11) is 0. The van der Waals surface area contributed by atoms with Gasteiger partial charge in [-0.3, -0.25) is 4.98 Å². The van der Waals surface area contributed by atoms with Gasteiger partial charge in [-0.25, -0.2) is 0 Å². The van der Waals surface area contributed by atoms with E-state index >= 15 is 0 Å². The fraction of sp³-hybridized carbons (Fsp3) is 0.290. The zero-order valence-electron chi connectivity index (χ0n) is 22.1. The van der Waals surface area contributed by atoms with E-state index < -0.39 is 0 Å². The predicted molar refractivity (Wildman–Crippen MR) is 157 cm³/mol. The van der Waals surface area contributed by atoms with E-state index in [1.807, 2.05) is 18.3 Å². The first-order chi connectivity index (χ1) is 18.5. The van der Waals surface area contributed by atoms with Gasteiger partial charge >= 0.3 is 0 Å². The molecule has 1 N–H and O–H groups in total. The molecule has 38 heavy (non-hydrogen) atoms. The number of rotatable bonds is 5. The highest BCUT2D eigenvalue weighted by molar-refractivity contribution is 7.80. The molecule has 6 rings (SSSR count). The van der Waals surface area contributed by atoms with Gasteiger partial charge < -0.3 is 24.4 Å². The highest BCUT2D eigenvalue weighted by atomic mass is 32.1. The second-order valence-electron chi connectivity index (χ2n) is 10.1. The molecule has 194 valence electrons. The van der Waals surface area contributed by atoms with Crippen molar-refractivity contribution in [2.24, 2.45) is 0 Å². The number of pyridine rings is 1. The van der Waals surface area contributed by atoms with Crippen molar-refractivity contribution >= 4 is 28.7 Å². The minimum atomic E-state index is -0.0677. The molecule has 4 heterocycles. The first-order valence-electron chi connectivity index (χ1n) is 13.2. The van der Waals surface area contributed by atoms with Gasteiger partial charge in [0.1, 0.15) is 0 Å². The van der Waals surface area contributed by atoms with Crippen molar-refractivity contribution in [2.45, 2.75) is 32.9 Å². The Bertz CT molecular complexity index is 1440. The van der Waals surface area contributed by atoms with Crippen molar-refractivity contribution in [3.05, 3.63) is 107 Å². The topological polar surface area (TPSA) is 45.6 Å². The first-order valence-corrected chi connectivity index (χ1v) is 13.6. The summed E-state index contributed by atoms with van der Waals surface area (Å²) in [4.78, 5) is 9.36. The van der Waals surface area contributed by atoms with E-state index in [2.05, 4.69) is 101 Å². The van der Waals surface area contributed by atoms with Gasteiger partial charge in [-0.2, -0.15) is 0 Å². The number of benzene rings is 2. The van der Waals surface area contributed by atoms with Gasteiger partial charge in [-0.05, 0) is 98.7 Å². The van der Waals surface area contributed by atoms with Crippen molar-refractivity contribution in [3.8, 4) is 5.69 Å². The minimum absolute atomic E-state index is 0.0354. The molecule has 4 aromatic rings. The van der Waals surface area contributed by atoms with Crippen LogP contribution in [0.2, 0.25) is 0 Å². The lowest BCUT2D eigenvalue weighted by molar-refractivity contribution is 0.122. The van der Waals surface area contributed by atoms with E-state index in [-0.39, 0.29) is 12.1 Å². The molecule has 2 aromatic heterocycles. The Morgan fingerprint density at radius 2 is 1.63 bits per heavy atom. The van der Waals surface area contributed by atoms with E-state index in [9.17, 15) is 0 Å². The maximum atomic E-state index is 5.94. The molecule has 2 aliphatic heterocycles. The Balaban J connectivity index is 1.42. The third-order valence-corrected chi connectivity index (χ3v) is 7.97. The maximum absolute atomic E-state index is 5.94. The molecule has 2 saturated heterocycles. The van der Waals surface area contributed by atoms with Crippen LogP contribution in [0.4, 0.5) is 11.4 Å². The molecule has 7 heteroatoms. The summed E-state index contributed by atoms with van der Waals surface area (Å²) < 4.78 is 7.87. The number of hydrogen-bond acceptors (Lipinski definition) is 4. The minimum Gasteiger partial charge on any atom is -0.378 e. The molecule has 0 unspecified atom stereocenters. The lowest BCUT2D eigenvalue weighted by atomic mass is 9.96. The lowest BCUT2D eigenvalue weighted by Crippen LogP contribution is -2.36. The Hall–Kier alpha value is -3.68. The number of ether oxygens (including phenoxy) is 1. The number of morpholine rings is 1. The van der Waals surface area contributed by atoms with Crippen LogP contribution in [0.1, 0.15) is 40.3 Å². The van der Waals surface area contributed by atoms with Crippen LogP contribution in [-0.2, 0) is 4.74 Å². The van der Waals surface area contributed by atoms with Gasteiger partial charge in [0.15, 0.2) is 5.11 Å². The Labute approximate surface area is 229 Å². The van der Waals surface area contributed by atoms with Crippen molar-refractivity contribution in [3.63, 3.8) is 0 Å². The second kappa shape index (κ2) is 10.2. The van der Waals surface area contributed by atoms with Crippen LogP contribution in [0.15, 0.2) is 79.0 Å². The summed E-state index contributed by atoms with van der Waals surface area (Å²) in [6, 6.07) is 25.7. The molecule has 2 aromatic carbocycles. The number of hydrogen-bond donors (Lipinski definition) is 1. The van der Waals surface area contributed by atoms with Crippen LogP contribution in [-0.4, -0.2) is 41.0 Å².